The second-order valence-corrected chi connectivity index (χ2v) is 5.24. The third-order valence-electron chi connectivity index (χ3n) is 2.42. The van der Waals surface area contributed by atoms with E-state index in [-0.39, 0.29) is 11.9 Å². The minimum atomic E-state index is -0.304. The Morgan fingerprint density at radius 3 is 3.06 bits per heavy atom. The van der Waals surface area contributed by atoms with Crippen molar-refractivity contribution in [1.29, 1.82) is 0 Å². The van der Waals surface area contributed by atoms with E-state index in [9.17, 15) is 4.79 Å². The van der Waals surface area contributed by atoms with Crippen LogP contribution < -0.4 is 11.1 Å². The molecule has 0 saturated heterocycles. The molecule has 1 aromatic heterocycles. The zero-order valence-electron chi connectivity index (χ0n) is 9.86. The molecule has 0 saturated carbocycles. The molecule has 90 valence electrons. The summed E-state index contributed by atoms with van der Waals surface area (Å²) >= 11 is 1.59. The molecule has 0 radical (unpaired) electrons. The molecular weight excluding hydrogens is 234 g/mol. The molecule has 1 heterocycles. The van der Waals surface area contributed by atoms with E-state index >= 15 is 0 Å². The number of hydrogen-bond acceptors (Lipinski definition) is 4. The Kier molecular flexibility index (Phi) is 3.28. The van der Waals surface area contributed by atoms with Crippen LogP contribution in [0.1, 0.15) is 18.9 Å². The van der Waals surface area contributed by atoms with Crippen molar-refractivity contribution in [2.75, 3.05) is 5.32 Å². The quantitative estimate of drug-likeness (QED) is 0.873. The highest BCUT2D eigenvalue weighted by Crippen LogP contribution is 2.27. The van der Waals surface area contributed by atoms with Crippen LogP contribution in [0.25, 0.3) is 10.2 Å². The van der Waals surface area contributed by atoms with Gasteiger partial charge in [-0.25, -0.2) is 4.98 Å². The van der Waals surface area contributed by atoms with Crippen LogP contribution in [0.4, 0.5) is 5.13 Å². The van der Waals surface area contributed by atoms with Gasteiger partial charge < -0.3 is 11.1 Å². The summed E-state index contributed by atoms with van der Waals surface area (Å²) in [6, 6.07) is 6.19. The third kappa shape index (κ3) is 2.94. The van der Waals surface area contributed by atoms with Crippen molar-refractivity contribution in [3.63, 3.8) is 0 Å². The lowest BCUT2D eigenvalue weighted by Gasteiger charge is -2.09. The van der Waals surface area contributed by atoms with Gasteiger partial charge >= 0.3 is 0 Å². The topological polar surface area (TPSA) is 68.0 Å². The SMILES string of the molecule is Cc1ccc2sc(NC(C)CC(N)=O)nc2c1. The van der Waals surface area contributed by atoms with Gasteiger partial charge in [0.05, 0.1) is 10.2 Å². The summed E-state index contributed by atoms with van der Waals surface area (Å²) in [5, 5.41) is 4.02. The van der Waals surface area contributed by atoms with E-state index in [0.717, 1.165) is 15.3 Å². The smallest absolute Gasteiger partial charge is 0.219 e. The van der Waals surface area contributed by atoms with E-state index in [0.29, 0.717) is 6.42 Å². The summed E-state index contributed by atoms with van der Waals surface area (Å²) in [6.07, 6.45) is 0.314. The Morgan fingerprint density at radius 1 is 1.59 bits per heavy atom. The third-order valence-corrected chi connectivity index (χ3v) is 3.39. The van der Waals surface area contributed by atoms with Crippen LogP contribution in [-0.2, 0) is 4.79 Å². The van der Waals surface area contributed by atoms with Gasteiger partial charge in [-0.1, -0.05) is 17.4 Å². The fourth-order valence-electron chi connectivity index (χ4n) is 1.66. The van der Waals surface area contributed by atoms with E-state index in [4.69, 9.17) is 5.73 Å². The van der Waals surface area contributed by atoms with Crippen LogP contribution in [0.5, 0.6) is 0 Å². The number of fused-ring (bicyclic) bond motifs is 1. The normalized spacial score (nSPS) is 12.6. The number of nitrogens with zero attached hydrogens (tertiary/aromatic N) is 1. The number of nitrogens with one attached hydrogen (secondary N) is 1. The van der Waals surface area contributed by atoms with Crippen LogP contribution in [0.3, 0.4) is 0 Å². The number of thiazole rings is 1. The molecule has 4 nitrogen and oxygen atoms in total. The molecule has 5 heteroatoms. The van der Waals surface area contributed by atoms with Gasteiger partial charge in [0.15, 0.2) is 5.13 Å². The maximum atomic E-state index is 10.8. The van der Waals surface area contributed by atoms with E-state index < -0.39 is 0 Å². The monoisotopic (exact) mass is 249 g/mol. The fraction of sp³-hybridized carbons (Fsp3) is 0.333. The standard InChI is InChI=1S/C12H15N3OS/c1-7-3-4-10-9(5-7)15-12(17-10)14-8(2)6-11(13)16/h3-5,8H,6H2,1-2H3,(H2,13,16)(H,14,15). The maximum Gasteiger partial charge on any atom is 0.219 e. The zero-order valence-corrected chi connectivity index (χ0v) is 10.7. The first kappa shape index (κ1) is 11.9. The number of aromatic nitrogens is 1. The number of amides is 1. The number of carbonyl (C=O) groups is 1. The molecule has 1 amide bonds. The molecule has 2 aromatic rings. The minimum absolute atomic E-state index is 0.00848. The largest absolute Gasteiger partial charge is 0.370 e. The van der Waals surface area contributed by atoms with Crippen LogP contribution >= 0.6 is 11.3 Å². The number of anilines is 1. The molecule has 17 heavy (non-hydrogen) atoms. The molecule has 1 aromatic carbocycles. The number of carbonyl (C=O) groups excluding carboxylic acids is 1. The molecule has 0 aliphatic rings. The Balaban J connectivity index is 2.16. The number of rotatable bonds is 4. The van der Waals surface area contributed by atoms with Crippen molar-refractivity contribution < 1.29 is 4.79 Å². The Hall–Kier alpha value is -1.62. The first-order valence-corrected chi connectivity index (χ1v) is 6.28. The van der Waals surface area contributed by atoms with E-state index in [1.54, 1.807) is 11.3 Å². The van der Waals surface area contributed by atoms with Gasteiger partial charge in [0.2, 0.25) is 5.91 Å². The maximum absolute atomic E-state index is 10.8. The van der Waals surface area contributed by atoms with Crippen LogP contribution in [0, 0.1) is 6.92 Å². The second-order valence-electron chi connectivity index (χ2n) is 4.21. The summed E-state index contributed by atoms with van der Waals surface area (Å²) in [5.41, 5.74) is 7.33. The van der Waals surface area contributed by atoms with E-state index in [2.05, 4.69) is 28.5 Å². The van der Waals surface area contributed by atoms with Crippen molar-refractivity contribution >= 4 is 32.6 Å². The van der Waals surface area contributed by atoms with Gasteiger partial charge in [-0.15, -0.1) is 0 Å². The van der Waals surface area contributed by atoms with Crippen LogP contribution in [-0.4, -0.2) is 16.9 Å². The van der Waals surface area contributed by atoms with Crippen molar-refractivity contribution in [3.8, 4) is 0 Å². The molecule has 3 N–H and O–H groups in total. The minimum Gasteiger partial charge on any atom is -0.370 e. The van der Waals surface area contributed by atoms with Gasteiger partial charge in [0.25, 0.3) is 0 Å². The number of aryl methyl sites for hydroxylation is 1. The first-order valence-electron chi connectivity index (χ1n) is 5.46. The highest BCUT2D eigenvalue weighted by molar-refractivity contribution is 7.22. The summed E-state index contributed by atoms with van der Waals surface area (Å²) in [7, 11) is 0. The summed E-state index contributed by atoms with van der Waals surface area (Å²) in [5.74, 6) is -0.304. The van der Waals surface area contributed by atoms with Crippen molar-refractivity contribution in [3.05, 3.63) is 23.8 Å². The van der Waals surface area contributed by atoms with Crippen molar-refractivity contribution in [2.45, 2.75) is 26.3 Å². The lowest BCUT2D eigenvalue weighted by atomic mass is 10.2. The van der Waals surface area contributed by atoms with E-state index in [1.807, 2.05) is 13.8 Å². The predicted octanol–water partition coefficient (Wildman–Crippen LogP) is 2.28. The predicted molar refractivity (Wildman–Crippen MR) is 71.3 cm³/mol. The van der Waals surface area contributed by atoms with Crippen LogP contribution in [0.2, 0.25) is 0 Å². The van der Waals surface area contributed by atoms with Gasteiger partial charge in [-0.05, 0) is 31.5 Å². The number of benzene rings is 1. The van der Waals surface area contributed by atoms with Crippen molar-refractivity contribution in [2.24, 2.45) is 5.73 Å². The van der Waals surface area contributed by atoms with Gasteiger partial charge in [0, 0.05) is 12.5 Å². The number of primary amides is 1. The average molecular weight is 249 g/mol. The van der Waals surface area contributed by atoms with Gasteiger partial charge in [-0.3, -0.25) is 4.79 Å². The summed E-state index contributed by atoms with van der Waals surface area (Å²) in [4.78, 5) is 15.3. The zero-order chi connectivity index (χ0) is 12.4. The van der Waals surface area contributed by atoms with Gasteiger partial charge in [-0.2, -0.15) is 0 Å². The molecule has 0 aliphatic heterocycles. The van der Waals surface area contributed by atoms with E-state index in [1.165, 1.54) is 5.56 Å². The van der Waals surface area contributed by atoms with Gasteiger partial charge in [0.1, 0.15) is 0 Å². The highest BCUT2D eigenvalue weighted by Gasteiger charge is 2.09. The fourth-order valence-corrected chi connectivity index (χ4v) is 2.62. The summed E-state index contributed by atoms with van der Waals surface area (Å²) < 4.78 is 1.14. The highest BCUT2D eigenvalue weighted by atomic mass is 32.1. The first-order chi connectivity index (χ1) is 8.04. The molecule has 2 rings (SSSR count). The average Bonchev–Trinajstić information content (AvgIpc) is 2.57. The Labute approximate surface area is 104 Å². The second kappa shape index (κ2) is 4.71. The molecular formula is C12H15N3OS. The van der Waals surface area contributed by atoms with Crippen molar-refractivity contribution in [1.82, 2.24) is 4.98 Å². The molecule has 0 bridgehead atoms. The van der Waals surface area contributed by atoms with Crippen LogP contribution in [0.15, 0.2) is 18.2 Å². The molecule has 0 spiro atoms. The lowest BCUT2D eigenvalue weighted by Crippen LogP contribution is -2.23. The molecule has 0 aliphatic carbocycles. The Bertz CT molecular complexity index is 550. The number of hydrogen-bond donors (Lipinski definition) is 2. The molecule has 1 unspecified atom stereocenters. The molecule has 0 fully saturated rings. The lowest BCUT2D eigenvalue weighted by molar-refractivity contribution is -0.118. The summed E-state index contributed by atoms with van der Waals surface area (Å²) in [6.45, 7) is 3.96. The molecule has 1 atom stereocenters. The Morgan fingerprint density at radius 2 is 2.35 bits per heavy atom. The number of nitrogens with two attached hydrogens (primary N) is 1.